The Morgan fingerprint density at radius 1 is 1.36 bits per heavy atom. The highest BCUT2D eigenvalue weighted by Gasteiger charge is 2.32. The molecule has 0 saturated carbocycles. The summed E-state index contributed by atoms with van der Waals surface area (Å²) < 4.78 is 0. The molecule has 1 saturated heterocycles. The van der Waals surface area contributed by atoms with Crippen molar-refractivity contribution in [3.05, 3.63) is 28.2 Å². The van der Waals surface area contributed by atoms with Crippen molar-refractivity contribution in [1.82, 2.24) is 19.9 Å². The standard InChI is InChI=1S/C15H22N6S/c1-10(13-17-14(16)19-15(18-13)20(2)3)21-8-4-6-11(21)12-7-5-9-22-12/h5,7,9-11H,4,6,8H2,1-3H3,(H2,16,17,18,19)/t10-,11-/m0/s1. The topological polar surface area (TPSA) is 71.2 Å². The van der Waals surface area contributed by atoms with Crippen LogP contribution in [0.15, 0.2) is 17.5 Å². The Kier molecular flexibility index (Phi) is 4.26. The van der Waals surface area contributed by atoms with Gasteiger partial charge in [0.2, 0.25) is 11.9 Å². The maximum atomic E-state index is 5.86. The highest BCUT2D eigenvalue weighted by molar-refractivity contribution is 7.10. The summed E-state index contributed by atoms with van der Waals surface area (Å²) in [4.78, 5) is 18.9. The van der Waals surface area contributed by atoms with Gasteiger partial charge in [-0.3, -0.25) is 4.90 Å². The number of nitrogens with zero attached hydrogens (tertiary/aromatic N) is 5. The van der Waals surface area contributed by atoms with Crippen LogP contribution in [0.2, 0.25) is 0 Å². The molecule has 3 rings (SSSR count). The second-order valence-corrected chi connectivity index (χ2v) is 6.81. The van der Waals surface area contributed by atoms with Crippen molar-refractivity contribution in [3.63, 3.8) is 0 Å². The molecule has 22 heavy (non-hydrogen) atoms. The third kappa shape index (κ3) is 2.91. The average molecular weight is 318 g/mol. The zero-order chi connectivity index (χ0) is 15.7. The molecule has 1 aliphatic heterocycles. The minimum absolute atomic E-state index is 0.124. The van der Waals surface area contributed by atoms with E-state index in [-0.39, 0.29) is 12.0 Å². The maximum absolute atomic E-state index is 5.86. The molecule has 0 unspecified atom stereocenters. The van der Waals surface area contributed by atoms with Crippen LogP contribution in [0, 0.1) is 0 Å². The van der Waals surface area contributed by atoms with Crippen LogP contribution in [0.4, 0.5) is 11.9 Å². The lowest BCUT2D eigenvalue weighted by molar-refractivity contribution is 0.189. The lowest BCUT2D eigenvalue weighted by Crippen LogP contribution is -2.28. The average Bonchev–Trinajstić information content (AvgIpc) is 3.16. The summed E-state index contributed by atoms with van der Waals surface area (Å²) in [5, 5.41) is 2.14. The van der Waals surface area contributed by atoms with E-state index in [1.807, 2.05) is 30.3 Å². The summed E-state index contributed by atoms with van der Waals surface area (Å²) in [6.07, 6.45) is 2.39. The van der Waals surface area contributed by atoms with Crippen LogP contribution >= 0.6 is 11.3 Å². The number of rotatable bonds is 4. The Labute approximate surface area is 135 Å². The zero-order valence-corrected chi connectivity index (χ0v) is 14.0. The molecule has 1 aliphatic rings. The monoisotopic (exact) mass is 318 g/mol. The van der Waals surface area contributed by atoms with Crippen LogP contribution in [0.1, 0.15) is 42.6 Å². The molecular weight excluding hydrogens is 296 g/mol. The fourth-order valence-electron chi connectivity index (χ4n) is 2.97. The van der Waals surface area contributed by atoms with Gasteiger partial charge in [0, 0.05) is 25.0 Å². The number of hydrogen-bond donors (Lipinski definition) is 1. The van der Waals surface area contributed by atoms with Gasteiger partial charge in [0.1, 0.15) is 0 Å². The summed E-state index contributed by atoms with van der Waals surface area (Å²) >= 11 is 1.82. The van der Waals surface area contributed by atoms with Crippen LogP contribution in [0.25, 0.3) is 0 Å². The van der Waals surface area contributed by atoms with E-state index in [0.717, 1.165) is 12.4 Å². The van der Waals surface area contributed by atoms with E-state index in [1.54, 1.807) is 0 Å². The normalized spacial score (nSPS) is 20.2. The molecule has 0 aromatic carbocycles. The van der Waals surface area contributed by atoms with Gasteiger partial charge < -0.3 is 10.6 Å². The summed E-state index contributed by atoms with van der Waals surface area (Å²) in [6.45, 7) is 3.22. The first-order valence-electron chi connectivity index (χ1n) is 7.54. The molecule has 0 amide bonds. The lowest BCUT2D eigenvalue weighted by Gasteiger charge is -2.29. The minimum atomic E-state index is 0.124. The third-order valence-electron chi connectivity index (χ3n) is 4.10. The first-order valence-corrected chi connectivity index (χ1v) is 8.42. The zero-order valence-electron chi connectivity index (χ0n) is 13.2. The van der Waals surface area contributed by atoms with Crippen molar-refractivity contribution in [2.45, 2.75) is 31.8 Å². The molecule has 2 aromatic heterocycles. The van der Waals surface area contributed by atoms with Gasteiger partial charge in [0.05, 0.1) is 6.04 Å². The molecule has 0 bridgehead atoms. The van der Waals surface area contributed by atoms with E-state index in [0.29, 0.717) is 12.0 Å². The first kappa shape index (κ1) is 15.2. The molecule has 1 fully saturated rings. The van der Waals surface area contributed by atoms with E-state index in [2.05, 4.69) is 44.3 Å². The number of likely N-dealkylation sites (tertiary alicyclic amines) is 1. The highest BCUT2D eigenvalue weighted by atomic mass is 32.1. The fourth-order valence-corrected chi connectivity index (χ4v) is 3.85. The predicted molar refractivity (Wildman–Crippen MR) is 90.0 cm³/mol. The number of anilines is 2. The molecule has 6 nitrogen and oxygen atoms in total. The molecule has 0 radical (unpaired) electrons. The summed E-state index contributed by atoms with van der Waals surface area (Å²) in [6, 6.07) is 4.91. The second-order valence-electron chi connectivity index (χ2n) is 5.83. The third-order valence-corrected chi connectivity index (χ3v) is 5.07. The predicted octanol–water partition coefficient (Wildman–Crippen LogP) is 2.48. The van der Waals surface area contributed by atoms with Gasteiger partial charge in [0.15, 0.2) is 5.82 Å². The molecule has 3 heterocycles. The van der Waals surface area contributed by atoms with Gasteiger partial charge in [-0.05, 0) is 37.8 Å². The smallest absolute Gasteiger partial charge is 0.229 e. The number of hydrogen-bond acceptors (Lipinski definition) is 7. The fraction of sp³-hybridized carbons (Fsp3) is 0.533. The molecule has 2 N–H and O–H groups in total. The molecular formula is C15H22N6S. The number of nitrogens with two attached hydrogens (primary N) is 1. The Morgan fingerprint density at radius 3 is 2.86 bits per heavy atom. The summed E-state index contributed by atoms with van der Waals surface area (Å²) in [7, 11) is 3.82. The van der Waals surface area contributed by atoms with E-state index < -0.39 is 0 Å². The van der Waals surface area contributed by atoms with Crippen molar-refractivity contribution in [2.24, 2.45) is 0 Å². The van der Waals surface area contributed by atoms with E-state index in [9.17, 15) is 0 Å². The van der Waals surface area contributed by atoms with Crippen molar-refractivity contribution < 1.29 is 0 Å². The Bertz CT molecular complexity index is 627. The quantitative estimate of drug-likeness (QED) is 0.934. The van der Waals surface area contributed by atoms with Crippen molar-refractivity contribution in [2.75, 3.05) is 31.3 Å². The molecule has 0 spiro atoms. The Balaban J connectivity index is 1.88. The van der Waals surface area contributed by atoms with Crippen LogP contribution in [0.3, 0.4) is 0 Å². The first-order chi connectivity index (χ1) is 10.6. The molecule has 118 valence electrons. The lowest BCUT2D eigenvalue weighted by atomic mass is 10.1. The Morgan fingerprint density at radius 2 is 2.18 bits per heavy atom. The van der Waals surface area contributed by atoms with Gasteiger partial charge in [0.25, 0.3) is 0 Å². The highest BCUT2D eigenvalue weighted by Crippen LogP contribution is 2.39. The van der Waals surface area contributed by atoms with Crippen molar-refractivity contribution in [3.8, 4) is 0 Å². The molecule has 2 aromatic rings. The van der Waals surface area contributed by atoms with Gasteiger partial charge >= 0.3 is 0 Å². The van der Waals surface area contributed by atoms with E-state index in [4.69, 9.17) is 5.73 Å². The molecule has 7 heteroatoms. The van der Waals surface area contributed by atoms with Crippen molar-refractivity contribution >= 4 is 23.2 Å². The number of nitrogen functional groups attached to an aromatic ring is 1. The minimum Gasteiger partial charge on any atom is -0.368 e. The van der Waals surface area contributed by atoms with Gasteiger partial charge in [-0.1, -0.05) is 6.07 Å². The SMILES string of the molecule is C[C@@H](c1nc(N)nc(N(C)C)n1)N1CCC[C@H]1c1cccs1. The van der Waals surface area contributed by atoms with Gasteiger partial charge in [-0.2, -0.15) is 15.0 Å². The van der Waals surface area contributed by atoms with Gasteiger partial charge in [-0.25, -0.2) is 0 Å². The summed E-state index contributed by atoms with van der Waals surface area (Å²) in [5.74, 6) is 1.65. The van der Waals surface area contributed by atoms with Crippen LogP contribution in [0.5, 0.6) is 0 Å². The second kappa shape index (κ2) is 6.18. The maximum Gasteiger partial charge on any atom is 0.229 e. The van der Waals surface area contributed by atoms with Crippen LogP contribution < -0.4 is 10.6 Å². The molecule has 0 aliphatic carbocycles. The number of aromatic nitrogens is 3. The number of thiophene rings is 1. The van der Waals surface area contributed by atoms with Crippen LogP contribution in [-0.2, 0) is 0 Å². The largest absolute Gasteiger partial charge is 0.368 e. The van der Waals surface area contributed by atoms with Gasteiger partial charge in [-0.15, -0.1) is 11.3 Å². The van der Waals surface area contributed by atoms with Crippen molar-refractivity contribution in [1.29, 1.82) is 0 Å². The van der Waals surface area contributed by atoms with Crippen LogP contribution in [-0.4, -0.2) is 40.5 Å². The van der Waals surface area contributed by atoms with E-state index in [1.165, 1.54) is 17.7 Å². The van der Waals surface area contributed by atoms with E-state index >= 15 is 0 Å². The summed E-state index contributed by atoms with van der Waals surface area (Å²) in [5.41, 5.74) is 5.86. The Hall–Kier alpha value is -1.73. The molecule has 2 atom stereocenters.